The van der Waals surface area contributed by atoms with Gasteiger partial charge in [0.15, 0.2) is 0 Å². The molecule has 2 rings (SSSR count). The van der Waals surface area contributed by atoms with Gasteiger partial charge in [-0.3, -0.25) is 4.68 Å². The molecule has 0 radical (unpaired) electrons. The second kappa shape index (κ2) is 3.01. The van der Waals surface area contributed by atoms with Crippen molar-refractivity contribution in [3.05, 3.63) is 15.0 Å². The van der Waals surface area contributed by atoms with Crippen molar-refractivity contribution in [2.75, 3.05) is 0 Å². The molecule has 12 heavy (non-hydrogen) atoms. The van der Waals surface area contributed by atoms with Crippen LogP contribution in [0.15, 0.2) is 0 Å². The Balaban J connectivity index is 2.23. The Bertz CT molecular complexity index is 300. The second-order valence-corrected chi connectivity index (χ2v) is 4.69. The Kier molecular flexibility index (Phi) is 2.14. The highest BCUT2D eigenvalue weighted by Crippen LogP contribution is 2.31. The van der Waals surface area contributed by atoms with E-state index >= 15 is 0 Å². The molecular weight excluding hydrogens is 263 g/mol. The molecule has 1 aromatic rings. The van der Waals surface area contributed by atoms with E-state index < -0.39 is 0 Å². The Labute approximate surface area is 86.5 Å². The molecule has 0 spiro atoms. The molecule has 0 amide bonds. The Morgan fingerprint density at radius 1 is 1.50 bits per heavy atom. The minimum atomic E-state index is 0.916. The van der Waals surface area contributed by atoms with Crippen LogP contribution in [0.2, 0.25) is 0 Å². The summed E-state index contributed by atoms with van der Waals surface area (Å²) in [7, 11) is 0. The summed E-state index contributed by atoms with van der Waals surface area (Å²) in [4.78, 5) is 0. The topological polar surface area (TPSA) is 17.8 Å². The number of hydrogen-bond donors (Lipinski definition) is 0. The largest absolute Gasteiger partial charge is 0.268 e. The highest BCUT2D eigenvalue weighted by atomic mass is 127. The highest BCUT2D eigenvalue weighted by Gasteiger charge is 2.23. The van der Waals surface area contributed by atoms with E-state index in [0.717, 1.165) is 12.5 Å². The van der Waals surface area contributed by atoms with Crippen LogP contribution in [0.3, 0.4) is 0 Å². The zero-order valence-electron chi connectivity index (χ0n) is 7.47. The van der Waals surface area contributed by atoms with Gasteiger partial charge in [-0.2, -0.15) is 5.10 Å². The molecule has 2 nitrogen and oxygen atoms in total. The van der Waals surface area contributed by atoms with Crippen LogP contribution in [0.1, 0.15) is 24.2 Å². The summed E-state index contributed by atoms with van der Waals surface area (Å²) >= 11 is 2.37. The van der Waals surface area contributed by atoms with Gasteiger partial charge in [0, 0.05) is 12.2 Å². The zero-order chi connectivity index (χ0) is 8.72. The highest BCUT2D eigenvalue weighted by molar-refractivity contribution is 14.1. The second-order valence-electron chi connectivity index (χ2n) is 3.61. The number of nitrogens with zero attached hydrogens (tertiary/aromatic N) is 2. The molecular formula is C9H13IN2. The number of halogens is 1. The lowest BCUT2D eigenvalue weighted by molar-refractivity contribution is 0.546. The summed E-state index contributed by atoms with van der Waals surface area (Å²) in [5.41, 5.74) is 2.51. The predicted molar refractivity (Wildman–Crippen MR) is 57.1 cm³/mol. The molecule has 0 aliphatic heterocycles. The summed E-state index contributed by atoms with van der Waals surface area (Å²) in [6.45, 7) is 5.37. The van der Waals surface area contributed by atoms with Crippen molar-refractivity contribution >= 4 is 22.6 Å². The molecule has 1 aliphatic carbocycles. The van der Waals surface area contributed by atoms with Gasteiger partial charge in [0.1, 0.15) is 0 Å². The molecule has 1 aliphatic rings. The van der Waals surface area contributed by atoms with Crippen molar-refractivity contribution in [1.82, 2.24) is 9.78 Å². The summed E-state index contributed by atoms with van der Waals surface area (Å²) in [5.74, 6) is 0.916. The fourth-order valence-electron chi connectivity index (χ4n) is 1.40. The van der Waals surface area contributed by atoms with E-state index in [4.69, 9.17) is 0 Å². The molecule has 0 saturated heterocycles. The first kappa shape index (κ1) is 8.53. The fourth-order valence-corrected chi connectivity index (χ4v) is 1.78. The average molecular weight is 276 g/mol. The van der Waals surface area contributed by atoms with Crippen LogP contribution in [0.4, 0.5) is 0 Å². The van der Waals surface area contributed by atoms with Crippen LogP contribution in [-0.4, -0.2) is 9.78 Å². The SMILES string of the molecule is Cc1nn(CC2CC2)c(C)c1I. The van der Waals surface area contributed by atoms with Crippen molar-refractivity contribution in [3.8, 4) is 0 Å². The number of aryl methyl sites for hydroxylation is 1. The van der Waals surface area contributed by atoms with Crippen molar-refractivity contribution < 1.29 is 0 Å². The molecule has 3 heteroatoms. The van der Waals surface area contributed by atoms with Crippen LogP contribution in [-0.2, 0) is 6.54 Å². The quantitative estimate of drug-likeness (QED) is 0.759. The van der Waals surface area contributed by atoms with Gasteiger partial charge in [-0.05, 0) is 55.2 Å². The minimum absolute atomic E-state index is 0.916. The lowest BCUT2D eigenvalue weighted by Crippen LogP contribution is -2.03. The van der Waals surface area contributed by atoms with E-state index in [0.29, 0.717) is 0 Å². The molecule has 1 fully saturated rings. The molecule has 1 saturated carbocycles. The molecule has 0 N–H and O–H groups in total. The van der Waals surface area contributed by atoms with E-state index in [1.165, 1.54) is 27.8 Å². The molecule has 0 atom stereocenters. The van der Waals surface area contributed by atoms with Gasteiger partial charge >= 0.3 is 0 Å². The molecule has 0 aromatic carbocycles. The lowest BCUT2D eigenvalue weighted by atomic mass is 10.4. The third-order valence-corrected chi connectivity index (χ3v) is 3.98. The van der Waals surface area contributed by atoms with Crippen LogP contribution in [0.25, 0.3) is 0 Å². The van der Waals surface area contributed by atoms with Gasteiger partial charge in [0.05, 0.1) is 9.26 Å². The van der Waals surface area contributed by atoms with Gasteiger partial charge in [-0.25, -0.2) is 0 Å². The number of hydrogen-bond acceptors (Lipinski definition) is 1. The van der Waals surface area contributed by atoms with Gasteiger partial charge < -0.3 is 0 Å². The third kappa shape index (κ3) is 1.51. The summed E-state index contributed by atoms with van der Waals surface area (Å²) < 4.78 is 3.49. The minimum Gasteiger partial charge on any atom is -0.268 e. The van der Waals surface area contributed by atoms with Gasteiger partial charge in [-0.1, -0.05) is 0 Å². The van der Waals surface area contributed by atoms with Gasteiger partial charge in [0.25, 0.3) is 0 Å². The lowest BCUT2D eigenvalue weighted by Gasteiger charge is -2.01. The van der Waals surface area contributed by atoms with E-state index in [-0.39, 0.29) is 0 Å². The van der Waals surface area contributed by atoms with Crippen molar-refractivity contribution in [2.24, 2.45) is 5.92 Å². The van der Waals surface area contributed by atoms with Gasteiger partial charge in [-0.15, -0.1) is 0 Å². The first-order valence-electron chi connectivity index (χ1n) is 4.38. The monoisotopic (exact) mass is 276 g/mol. The van der Waals surface area contributed by atoms with E-state index in [2.05, 4.69) is 46.2 Å². The maximum absolute atomic E-state index is 4.50. The maximum Gasteiger partial charge on any atom is 0.0729 e. The first-order valence-corrected chi connectivity index (χ1v) is 5.46. The van der Waals surface area contributed by atoms with Crippen LogP contribution in [0, 0.1) is 23.3 Å². The summed E-state index contributed by atoms with van der Waals surface area (Å²) in [6.07, 6.45) is 2.80. The van der Waals surface area contributed by atoms with E-state index in [9.17, 15) is 0 Å². The molecule has 0 unspecified atom stereocenters. The maximum atomic E-state index is 4.50. The number of rotatable bonds is 2. The molecule has 0 bridgehead atoms. The Morgan fingerprint density at radius 2 is 2.17 bits per heavy atom. The molecule has 1 heterocycles. The summed E-state index contributed by atoms with van der Waals surface area (Å²) in [6, 6.07) is 0. The van der Waals surface area contributed by atoms with Crippen LogP contribution in [0.5, 0.6) is 0 Å². The standard InChI is InChI=1S/C9H13IN2/c1-6-9(10)7(2)12(11-6)5-8-3-4-8/h8H,3-5H2,1-2H3. The molecule has 1 aromatic heterocycles. The van der Waals surface area contributed by atoms with E-state index in [1.54, 1.807) is 0 Å². The Hall–Kier alpha value is -0.0600. The van der Waals surface area contributed by atoms with Crippen LogP contribution >= 0.6 is 22.6 Å². The van der Waals surface area contributed by atoms with E-state index in [1.807, 2.05) is 0 Å². The summed E-state index contributed by atoms with van der Waals surface area (Å²) in [5, 5.41) is 4.50. The molecule has 66 valence electrons. The first-order chi connectivity index (χ1) is 5.68. The van der Waals surface area contributed by atoms with Crippen molar-refractivity contribution in [3.63, 3.8) is 0 Å². The van der Waals surface area contributed by atoms with Crippen molar-refractivity contribution in [2.45, 2.75) is 33.2 Å². The average Bonchev–Trinajstić information content (AvgIpc) is 2.80. The van der Waals surface area contributed by atoms with Crippen LogP contribution < -0.4 is 0 Å². The predicted octanol–water partition coefficient (Wildman–Crippen LogP) is 2.51. The van der Waals surface area contributed by atoms with Crippen molar-refractivity contribution in [1.29, 1.82) is 0 Å². The normalized spacial score (nSPS) is 16.9. The van der Waals surface area contributed by atoms with Gasteiger partial charge in [0.2, 0.25) is 0 Å². The zero-order valence-corrected chi connectivity index (χ0v) is 9.63. The number of aromatic nitrogens is 2. The fraction of sp³-hybridized carbons (Fsp3) is 0.667. The Morgan fingerprint density at radius 3 is 2.58 bits per heavy atom. The third-order valence-electron chi connectivity index (χ3n) is 2.42. The smallest absolute Gasteiger partial charge is 0.0729 e.